The molecule has 1 amide bonds. The second-order valence-corrected chi connectivity index (χ2v) is 6.84. The molecule has 0 aliphatic heterocycles. The highest BCUT2D eigenvalue weighted by molar-refractivity contribution is 6.52. The minimum atomic E-state index is -0.676. The van der Waals surface area contributed by atoms with Crippen LogP contribution in [0.4, 0.5) is 4.39 Å². The molecule has 0 saturated carbocycles. The molecule has 0 fully saturated rings. The van der Waals surface area contributed by atoms with Gasteiger partial charge in [-0.1, -0.05) is 51.6 Å². The third-order valence-corrected chi connectivity index (χ3v) is 5.14. The molecule has 1 aromatic carbocycles. The number of nitrogens with zero attached hydrogens (tertiary/aromatic N) is 3. The van der Waals surface area contributed by atoms with Crippen LogP contribution in [-0.2, 0) is 0 Å². The number of rotatable bonds is 4. The molecule has 1 atom stereocenters. The quantitative estimate of drug-likeness (QED) is 0.541. The molecule has 2 heterocycles. The van der Waals surface area contributed by atoms with E-state index >= 15 is 0 Å². The van der Waals surface area contributed by atoms with Crippen molar-refractivity contribution in [1.29, 1.82) is 0 Å². The summed E-state index contributed by atoms with van der Waals surface area (Å²) in [5.74, 6) is -0.660. The van der Waals surface area contributed by atoms with Crippen molar-refractivity contribution in [1.82, 2.24) is 20.4 Å². The molecule has 3 aromatic rings. The van der Waals surface area contributed by atoms with E-state index < -0.39 is 11.9 Å². The van der Waals surface area contributed by atoms with Crippen molar-refractivity contribution in [3.05, 3.63) is 61.9 Å². The number of benzene rings is 1. The van der Waals surface area contributed by atoms with Gasteiger partial charge in [-0.3, -0.25) is 4.79 Å². The highest BCUT2D eigenvalue weighted by Crippen LogP contribution is 2.36. The Morgan fingerprint density at radius 1 is 1.07 bits per heavy atom. The van der Waals surface area contributed by atoms with Crippen LogP contribution in [0.1, 0.15) is 29.3 Å². The lowest BCUT2D eigenvalue weighted by Gasteiger charge is -2.11. The van der Waals surface area contributed by atoms with Gasteiger partial charge in [-0.15, -0.1) is 0 Å². The molecule has 11 heteroatoms. The van der Waals surface area contributed by atoms with Crippen LogP contribution in [0.15, 0.2) is 28.8 Å². The molecule has 0 radical (unpaired) electrons. The van der Waals surface area contributed by atoms with Crippen LogP contribution in [0, 0.1) is 5.82 Å². The Bertz CT molecular complexity index is 1010. The zero-order valence-electron chi connectivity index (χ0n) is 13.4. The molecule has 0 aliphatic rings. The summed E-state index contributed by atoms with van der Waals surface area (Å²) in [6.07, 6.45) is 0. The lowest BCUT2D eigenvalue weighted by molar-refractivity contribution is 0.0927. The summed E-state index contributed by atoms with van der Waals surface area (Å²) in [4.78, 5) is 20.5. The Labute approximate surface area is 172 Å². The van der Waals surface area contributed by atoms with E-state index in [0.717, 1.165) is 0 Å². The van der Waals surface area contributed by atoms with Gasteiger partial charge in [-0.25, -0.2) is 9.37 Å². The fourth-order valence-corrected chi connectivity index (χ4v) is 2.91. The zero-order chi connectivity index (χ0) is 19.7. The lowest BCUT2D eigenvalue weighted by atomic mass is 10.2. The van der Waals surface area contributed by atoms with E-state index in [0.29, 0.717) is 5.56 Å². The van der Waals surface area contributed by atoms with Gasteiger partial charge in [0.05, 0.1) is 15.1 Å². The van der Waals surface area contributed by atoms with Gasteiger partial charge in [-0.2, -0.15) is 4.98 Å². The summed E-state index contributed by atoms with van der Waals surface area (Å²) >= 11 is 23.6. The molecular weight excluding hydrogens is 441 g/mol. The second kappa shape index (κ2) is 7.98. The number of pyridine rings is 1. The van der Waals surface area contributed by atoms with Gasteiger partial charge in [0.25, 0.3) is 5.91 Å². The van der Waals surface area contributed by atoms with Crippen LogP contribution >= 0.6 is 46.4 Å². The largest absolute Gasteiger partial charge is 0.339 e. The molecule has 0 spiro atoms. The second-order valence-electron chi connectivity index (χ2n) is 5.35. The monoisotopic (exact) mass is 448 g/mol. The Morgan fingerprint density at radius 2 is 1.74 bits per heavy atom. The highest BCUT2D eigenvalue weighted by atomic mass is 35.5. The standard InChI is InChI=1S/C16H9Cl4FN4O2/c1-6(16-24-14(25-27-16)7-2-4-8(21)5-3-7)22-15(26)12-10(18)9(17)11(19)13(20)23-12/h2-6H,1H3,(H,22,26). The van der Waals surface area contributed by atoms with Crippen molar-refractivity contribution in [2.45, 2.75) is 13.0 Å². The molecule has 6 nitrogen and oxygen atoms in total. The van der Waals surface area contributed by atoms with E-state index in [4.69, 9.17) is 50.9 Å². The summed E-state index contributed by atoms with van der Waals surface area (Å²) in [6, 6.07) is 4.89. The fourth-order valence-electron chi connectivity index (χ4n) is 2.09. The summed E-state index contributed by atoms with van der Waals surface area (Å²) in [7, 11) is 0. The summed E-state index contributed by atoms with van der Waals surface area (Å²) < 4.78 is 18.1. The Kier molecular flexibility index (Phi) is 5.86. The van der Waals surface area contributed by atoms with Crippen molar-refractivity contribution < 1.29 is 13.7 Å². The molecule has 1 unspecified atom stereocenters. The van der Waals surface area contributed by atoms with Crippen molar-refractivity contribution in [3.63, 3.8) is 0 Å². The van der Waals surface area contributed by atoms with E-state index in [2.05, 4.69) is 20.4 Å². The number of nitrogens with one attached hydrogen (secondary N) is 1. The predicted molar refractivity (Wildman–Crippen MR) is 99.9 cm³/mol. The zero-order valence-corrected chi connectivity index (χ0v) is 16.5. The Balaban J connectivity index is 1.79. The molecule has 3 rings (SSSR count). The number of carbonyl (C=O) groups excluding carboxylic acids is 1. The Morgan fingerprint density at radius 3 is 2.41 bits per heavy atom. The predicted octanol–water partition coefficient (Wildman–Crippen LogP) is 5.38. The first-order valence-corrected chi connectivity index (χ1v) is 8.89. The topological polar surface area (TPSA) is 80.9 Å². The third-order valence-electron chi connectivity index (χ3n) is 3.46. The number of aromatic nitrogens is 3. The minimum absolute atomic E-state index is 0.0474. The maximum atomic E-state index is 13.0. The van der Waals surface area contributed by atoms with Crippen LogP contribution in [0.3, 0.4) is 0 Å². The molecule has 0 bridgehead atoms. The summed E-state index contributed by atoms with van der Waals surface area (Å²) in [5, 5.41) is 6.00. The van der Waals surface area contributed by atoms with E-state index in [1.165, 1.54) is 24.3 Å². The van der Waals surface area contributed by atoms with Gasteiger partial charge in [0, 0.05) is 5.56 Å². The van der Waals surface area contributed by atoms with Gasteiger partial charge in [0.15, 0.2) is 0 Å². The van der Waals surface area contributed by atoms with Crippen molar-refractivity contribution in [3.8, 4) is 11.4 Å². The molecule has 0 aliphatic carbocycles. The van der Waals surface area contributed by atoms with Crippen molar-refractivity contribution in [2.75, 3.05) is 0 Å². The van der Waals surface area contributed by atoms with E-state index in [9.17, 15) is 9.18 Å². The molecule has 1 N–H and O–H groups in total. The number of amides is 1. The molecule has 27 heavy (non-hydrogen) atoms. The van der Waals surface area contributed by atoms with Gasteiger partial charge < -0.3 is 9.84 Å². The Hall–Kier alpha value is -1.93. The third kappa shape index (κ3) is 4.16. The highest BCUT2D eigenvalue weighted by Gasteiger charge is 2.24. The van der Waals surface area contributed by atoms with Gasteiger partial charge in [-0.05, 0) is 31.2 Å². The lowest BCUT2D eigenvalue weighted by Crippen LogP contribution is -2.28. The van der Waals surface area contributed by atoms with Crippen LogP contribution in [0.2, 0.25) is 20.2 Å². The van der Waals surface area contributed by atoms with Gasteiger partial charge in [0.2, 0.25) is 11.7 Å². The van der Waals surface area contributed by atoms with Crippen molar-refractivity contribution >= 4 is 52.3 Å². The van der Waals surface area contributed by atoms with Crippen LogP contribution in [-0.4, -0.2) is 21.0 Å². The van der Waals surface area contributed by atoms with E-state index in [-0.39, 0.29) is 43.4 Å². The number of hydrogen-bond donors (Lipinski definition) is 1. The van der Waals surface area contributed by atoms with Gasteiger partial charge in [0.1, 0.15) is 22.7 Å². The summed E-state index contributed by atoms with van der Waals surface area (Å²) in [5.41, 5.74) is 0.368. The smallest absolute Gasteiger partial charge is 0.272 e. The van der Waals surface area contributed by atoms with Gasteiger partial charge >= 0.3 is 0 Å². The van der Waals surface area contributed by atoms with Crippen LogP contribution in [0.25, 0.3) is 11.4 Å². The molecule has 2 aromatic heterocycles. The van der Waals surface area contributed by atoms with E-state index in [1.54, 1.807) is 6.92 Å². The first-order valence-electron chi connectivity index (χ1n) is 7.38. The number of halogens is 5. The van der Waals surface area contributed by atoms with Crippen LogP contribution in [0.5, 0.6) is 0 Å². The first-order chi connectivity index (χ1) is 12.8. The minimum Gasteiger partial charge on any atom is -0.339 e. The van der Waals surface area contributed by atoms with Crippen LogP contribution < -0.4 is 5.32 Å². The normalized spacial score (nSPS) is 12.1. The summed E-state index contributed by atoms with van der Waals surface area (Å²) in [6.45, 7) is 1.62. The first kappa shape index (κ1) is 19.8. The number of hydrogen-bond acceptors (Lipinski definition) is 5. The fraction of sp³-hybridized carbons (Fsp3) is 0.125. The van der Waals surface area contributed by atoms with E-state index in [1.807, 2.05) is 0 Å². The maximum Gasteiger partial charge on any atom is 0.272 e. The maximum absolute atomic E-state index is 13.0. The average Bonchev–Trinajstić information content (AvgIpc) is 3.13. The number of carbonyl (C=O) groups is 1. The molecule has 0 saturated heterocycles. The average molecular weight is 450 g/mol. The molecular formula is C16H9Cl4FN4O2. The SMILES string of the molecule is CC(NC(=O)c1nc(Cl)c(Cl)c(Cl)c1Cl)c1nc(-c2ccc(F)cc2)no1. The van der Waals surface area contributed by atoms with Crippen molar-refractivity contribution in [2.24, 2.45) is 0 Å². The molecule has 140 valence electrons.